The maximum atomic E-state index is 12.4. The van der Waals surface area contributed by atoms with Gasteiger partial charge < -0.3 is 14.6 Å². The fourth-order valence-corrected chi connectivity index (χ4v) is 3.19. The Bertz CT molecular complexity index is 788. The van der Waals surface area contributed by atoms with Crippen LogP contribution in [0.2, 0.25) is 0 Å². The second-order valence-corrected chi connectivity index (χ2v) is 7.46. The Hall–Kier alpha value is -2.83. The molecule has 7 heteroatoms. The van der Waals surface area contributed by atoms with Gasteiger partial charge in [-0.05, 0) is 30.7 Å². The Morgan fingerprint density at radius 1 is 1.29 bits per heavy atom. The molecule has 0 bridgehead atoms. The van der Waals surface area contributed by atoms with Crippen LogP contribution in [0.15, 0.2) is 40.9 Å². The molecule has 1 fully saturated rings. The lowest BCUT2D eigenvalue weighted by Gasteiger charge is -2.33. The molecule has 28 heavy (non-hydrogen) atoms. The SMILES string of the molecule is CC(C)COC(=O)N1CCCCC1c1cc(C(=O)NCc2ccccc2)no1. The highest BCUT2D eigenvalue weighted by Gasteiger charge is 2.32. The number of likely N-dealkylation sites (tertiary alicyclic amines) is 1. The van der Waals surface area contributed by atoms with Gasteiger partial charge in [0.1, 0.15) is 0 Å². The van der Waals surface area contributed by atoms with Crippen molar-refractivity contribution >= 4 is 12.0 Å². The first kappa shape index (κ1) is 19.9. The quantitative estimate of drug-likeness (QED) is 0.814. The molecular weight excluding hydrogens is 358 g/mol. The van der Waals surface area contributed by atoms with Gasteiger partial charge in [-0.1, -0.05) is 49.3 Å². The molecule has 1 aliphatic rings. The number of nitrogens with zero attached hydrogens (tertiary/aromatic N) is 2. The maximum absolute atomic E-state index is 12.4. The molecule has 1 N–H and O–H groups in total. The van der Waals surface area contributed by atoms with Crippen molar-refractivity contribution < 1.29 is 18.8 Å². The van der Waals surface area contributed by atoms with Gasteiger partial charge in [0.05, 0.1) is 12.6 Å². The van der Waals surface area contributed by atoms with Gasteiger partial charge in [-0.2, -0.15) is 0 Å². The van der Waals surface area contributed by atoms with Crippen molar-refractivity contribution in [1.82, 2.24) is 15.4 Å². The summed E-state index contributed by atoms with van der Waals surface area (Å²) in [5.41, 5.74) is 1.22. The van der Waals surface area contributed by atoms with Gasteiger partial charge in [0.15, 0.2) is 11.5 Å². The number of benzene rings is 1. The Morgan fingerprint density at radius 3 is 2.82 bits per heavy atom. The van der Waals surface area contributed by atoms with E-state index in [1.165, 1.54) is 0 Å². The van der Waals surface area contributed by atoms with Gasteiger partial charge in [0, 0.05) is 19.2 Å². The van der Waals surface area contributed by atoms with E-state index in [9.17, 15) is 9.59 Å². The minimum atomic E-state index is -0.343. The Morgan fingerprint density at radius 2 is 2.07 bits per heavy atom. The number of carbonyl (C=O) groups is 2. The molecular formula is C21H27N3O4. The summed E-state index contributed by atoms with van der Waals surface area (Å²) in [6.45, 7) is 5.40. The second kappa shape index (κ2) is 9.39. The number of carbonyl (C=O) groups excluding carboxylic acids is 2. The molecule has 1 atom stereocenters. The molecule has 0 spiro atoms. The Labute approximate surface area is 165 Å². The highest BCUT2D eigenvalue weighted by atomic mass is 16.6. The first-order valence-corrected chi connectivity index (χ1v) is 9.76. The van der Waals surface area contributed by atoms with Crippen LogP contribution in [0.25, 0.3) is 0 Å². The van der Waals surface area contributed by atoms with Gasteiger partial charge in [-0.15, -0.1) is 0 Å². The molecule has 1 aliphatic heterocycles. The van der Waals surface area contributed by atoms with Crippen molar-refractivity contribution in [2.45, 2.75) is 45.7 Å². The lowest BCUT2D eigenvalue weighted by atomic mass is 10.0. The molecule has 0 radical (unpaired) electrons. The second-order valence-electron chi connectivity index (χ2n) is 7.46. The van der Waals surface area contributed by atoms with Crippen LogP contribution in [0.1, 0.15) is 61.0 Å². The van der Waals surface area contributed by atoms with Crippen molar-refractivity contribution in [1.29, 1.82) is 0 Å². The molecule has 1 aromatic carbocycles. The highest BCUT2D eigenvalue weighted by Crippen LogP contribution is 2.32. The third-order valence-electron chi connectivity index (χ3n) is 4.66. The third kappa shape index (κ3) is 5.12. The van der Waals surface area contributed by atoms with Gasteiger partial charge in [0.25, 0.3) is 5.91 Å². The predicted octanol–water partition coefficient (Wildman–Crippen LogP) is 3.92. The van der Waals surface area contributed by atoms with Crippen molar-refractivity contribution in [2.24, 2.45) is 5.92 Å². The molecule has 2 aromatic rings. The molecule has 1 saturated heterocycles. The van der Waals surface area contributed by atoms with Crippen LogP contribution < -0.4 is 5.32 Å². The predicted molar refractivity (Wildman–Crippen MR) is 104 cm³/mol. The van der Waals surface area contributed by atoms with Crippen LogP contribution in [0.5, 0.6) is 0 Å². The topological polar surface area (TPSA) is 84.7 Å². The summed E-state index contributed by atoms with van der Waals surface area (Å²) in [6.07, 6.45) is 2.32. The van der Waals surface area contributed by atoms with Crippen molar-refractivity contribution in [3.05, 3.63) is 53.4 Å². The minimum Gasteiger partial charge on any atom is -0.449 e. The summed E-state index contributed by atoms with van der Waals surface area (Å²) in [7, 11) is 0. The monoisotopic (exact) mass is 385 g/mol. The maximum Gasteiger partial charge on any atom is 0.410 e. The molecule has 0 saturated carbocycles. The Balaban J connectivity index is 1.63. The van der Waals surface area contributed by atoms with Gasteiger partial charge in [-0.25, -0.2) is 4.79 Å². The van der Waals surface area contributed by atoms with Crippen molar-refractivity contribution in [3.8, 4) is 0 Å². The molecule has 3 rings (SSSR count). The van der Waals surface area contributed by atoms with E-state index in [1.807, 2.05) is 44.2 Å². The number of rotatable bonds is 6. The van der Waals surface area contributed by atoms with Crippen LogP contribution in [-0.2, 0) is 11.3 Å². The fourth-order valence-electron chi connectivity index (χ4n) is 3.19. The zero-order valence-corrected chi connectivity index (χ0v) is 16.4. The summed E-state index contributed by atoms with van der Waals surface area (Å²) < 4.78 is 10.8. The number of hydrogen-bond donors (Lipinski definition) is 1. The van der Waals surface area contributed by atoms with E-state index in [2.05, 4.69) is 10.5 Å². The van der Waals surface area contributed by atoms with Crippen molar-refractivity contribution in [2.75, 3.05) is 13.2 Å². The summed E-state index contributed by atoms with van der Waals surface area (Å²) in [5, 5.41) is 6.74. The highest BCUT2D eigenvalue weighted by molar-refractivity contribution is 5.92. The molecule has 150 valence electrons. The van der Waals surface area contributed by atoms with E-state index >= 15 is 0 Å². The lowest BCUT2D eigenvalue weighted by Crippen LogP contribution is -2.39. The molecule has 2 heterocycles. The van der Waals surface area contributed by atoms with E-state index in [0.717, 1.165) is 24.8 Å². The summed E-state index contributed by atoms with van der Waals surface area (Å²) in [5.74, 6) is 0.493. The standard InChI is InChI=1S/C21H27N3O4/c1-15(2)14-27-21(26)24-11-7-6-10-18(24)19-12-17(23-28-19)20(25)22-13-16-8-4-3-5-9-16/h3-5,8-9,12,15,18H,6-7,10-11,13-14H2,1-2H3,(H,22,25). The van der Waals surface area contributed by atoms with Crippen LogP contribution in [0.4, 0.5) is 4.79 Å². The van der Waals surface area contributed by atoms with Crippen LogP contribution in [0, 0.1) is 5.92 Å². The molecule has 2 amide bonds. The average molecular weight is 385 g/mol. The minimum absolute atomic E-state index is 0.215. The number of hydrogen-bond acceptors (Lipinski definition) is 5. The van der Waals surface area contributed by atoms with Crippen LogP contribution in [0.3, 0.4) is 0 Å². The lowest BCUT2D eigenvalue weighted by molar-refractivity contribution is 0.0583. The normalized spacial score (nSPS) is 16.8. The number of aromatic nitrogens is 1. The summed E-state index contributed by atoms with van der Waals surface area (Å²) in [6, 6.07) is 11.0. The summed E-state index contributed by atoms with van der Waals surface area (Å²) in [4.78, 5) is 26.5. The largest absolute Gasteiger partial charge is 0.449 e. The zero-order chi connectivity index (χ0) is 19.9. The zero-order valence-electron chi connectivity index (χ0n) is 16.4. The number of amides is 2. The van der Waals surface area contributed by atoms with E-state index in [4.69, 9.17) is 9.26 Å². The van der Waals surface area contributed by atoms with Crippen molar-refractivity contribution in [3.63, 3.8) is 0 Å². The van der Waals surface area contributed by atoms with E-state index in [-0.39, 0.29) is 29.7 Å². The molecule has 7 nitrogen and oxygen atoms in total. The molecule has 0 aliphatic carbocycles. The number of nitrogens with one attached hydrogen (secondary N) is 1. The molecule has 1 unspecified atom stereocenters. The molecule has 1 aromatic heterocycles. The number of ether oxygens (including phenoxy) is 1. The van der Waals surface area contributed by atoms with E-state index < -0.39 is 0 Å². The fraction of sp³-hybridized carbons (Fsp3) is 0.476. The third-order valence-corrected chi connectivity index (χ3v) is 4.66. The smallest absolute Gasteiger partial charge is 0.410 e. The average Bonchev–Trinajstić information content (AvgIpc) is 3.21. The Kier molecular flexibility index (Phi) is 6.68. The van der Waals surface area contributed by atoms with E-state index in [0.29, 0.717) is 25.5 Å². The van der Waals surface area contributed by atoms with Crippen LogP contribution in [-0.4, -0.2) is 35.2 Å². The summed E-state index contributed by atoms with van der Waals surface area (Å²) >= 11 is 0. The first-order chi connectivity index (χ1) is 13.5. The van der Waals surface area contributed by atoms with Gasteiger partial charge in [-0.3, -0.25) is 9.69 Å². The first-order valence-electron chi connectivity index (χ1n) is 9.76. The van der Waals surface area contributed by atoms with Gasteiger partial charge in [0.2, 0.25) is 0 Å². The number of piperidine rings is 1. The van der Waals surface area contributed by atoms with E-state index in [1.54, 1.807) is 11.0 Å². The van der Waals surface area contributed by atoms with Crippen LogP contribution >= 0.6 is 0 Å². The van der Waals surface area contributed by atoms with Gasteiger partial charge >= 0.3 is 6.09 Å².